The second-order valence-corrected chi connectivity index (χ2v) is 6.66. The summed E-state index contributed by atoms with van der Waals surface area (Å²) in [6.07, 6.45) is 0.860. The van der Waals surface area contributed by atoms with Gasteiger partial charge in [0.15, 0.2) is 5.58 Å². The third-order valence-corrected chi connectivity index (χ3v) is 4.99. The van der Waals surface area contributed by atoms with Crippen molar-refractivity contribution >= 4 is 22.8 Å². The minimum atomic E-state index is -0.0436. The maximum Gasteiger partial charge on any atom is 0.229 e. The van der Waals surface area contributed by atoms with Crippen molar-refractivity contribution < 1.29 is 4.42 Å². The Morgan fingerprint density at radius 1 is 0.920 bits per heavy atom. The molecule has 2 aromatic carbocycles. The second kappa shape index (κ2) is 6.05. The molecule has 2 aromatic heterocycles. The van der Waals surface area contributed by atoms with E-state index in [1.807, 2.05) is 37.3 Å². The van der Waals surface area contributed by atoms with Crippen molar-refractivity contribution in [2.24, 2.45) is 0 Å². The lowest BCUT2D eigenvalue weighted by Crippen LogP contribution is -2.07. The van der Waals surface area contributed by atoms with E-state index in [2.05, 4.69) is 25.1 Å². The van der Waals surface area contributed by atoms with E-state index >= 15 is 0 Å². The Morgan fingerprint density at radius 2 is 1.60 bits per heavy atom. The summed E-state index contributed by atoms with van der Waals surface area (Å²) in [5, 5.41) is 0.711. The Balaban J connectivity index is 1.98. The SMILES string of the molecule is CCc1ccc(-c2ccc(Cl)cc2)cc1-c1c(C)c2ccc(o2)c1=O. The van der Waals surface area contributed by atoms with Crippen LogP contribution in [0.25, 0.3) is 33.4 Å². The van der Waals surface area contributed by atoms with Gasteiger partial charge >= 0.3 is 0 Å². The molecule has 25 heavy (non-hydrogen) atoms. The van der Waals surface area contributed by atoms with Gasteiger partial charge in [-0.05, 0) is 65.9 Å². The van der Waals surface area contributed by atoms with Gasteiger partial charge < -0.3 is 4.42 Å². The van der Waals surface area contributed by atoms with Gasteiger partial charge in [-0.3, -0.25) is 4.79 Å². The van der Waals surface area contributed by atoms with Gasteiger partial charge in [-0.25, -0.2) is 0 Å². The molecule has 0 aliphatic carbocycles. The van der Waals surface area contributed by atoms with Crippen LogP contribution in [0.1, 0.15) is 18.1 Å². The molecule has 124 valence electrons. The molecule has 2 bridgehead atoms. The van der Waals surface area contributed by atoms with Crippen molar-refractivity contribution in [3.05, 3.63) is 81.0 Å². The largest absolute Gasteiger partial charge is 0.453 e. The zero-order chi connectivity index (χ0) is 17.6. The highest BCUT2D eigenvalue weighted by Crippen LogP contribution is 2.33. The second-order valence-electron chi connectivity index (χ2n) is 6.23. The quantitative estimate of drug-likeness (QED) is 0.448. The Bertz CT molecular complexity index is 1110. The van der Waals surface area contributed by atoms with Gasteiger partial charge in [0.05, 0.1) is 0 Å². The van der Waals surface area contributed by atoms with Crippen LogP contribution < -0.4 is 5.43 Å². The van der Waals surface area contributed by atoms with Gasteiger partial charge in [-0.2, -0.15) is 0 Å². The van der Waals surface area contributed by atoms with E-state index in [1.54, 1.807) is 6.07 Å². The van der Waals surface area contributed by atoms with Gasteiger partial charge in [0, 0.05) is 16.1 Å². The monoisotopic (exact) mass is 348 g/mol. The molecule has 0 aliphatic rings. The minimum Gasteiger partial charge on any atom is -0.453 e. The highest BCUT2D eigenvalue weighted by Gasteiger charge is 2.18. The third-order valence-electron chi connectivity index (χ3n) is 4.74. The number of rotatable bonds is 3. The van der Waals surface area contributed by atoms with Gasteiger partial charge in [0.25, 0.3) is 0 Å². The van der Waals surface area contributed by atoms with Crippen molar-refractivity contribution in [1.82, 2.24) is 0 Å². The number of hydrogen-bond acceptors (Lipinski definition) is 2. The topological polar surface area (TPSA) is 30.2 Å². The normalized spacial score (nSPS) is 11.3. The van der Waals surface area contributed by atoms with E-state index in [9.17, 15) is 4.79 Å². The van der Waals surface area contributed by atoms with Crippen molar-refractivity contribution in [3.63, 3.8) is 0 Å². The molecule has 0 unspecified atom stereocenters. The predicted molar refractivity (Wildman–Crippen MR) is 104 cm³/mol. The lowest BCUT2D eigenvalue weighted by molar-refractivity contribution is 0.655. The summed E-state index contributed by atoms with van der Waals surface area (Å²) < 4.78 is 5.58. The van der Waals surface area contributed by atoms with Gasteiger partial charge in [0.2, 0.25) is 5.43 Å². The van der Waals surface area contributed by atoms with Crippen molar-refractivity contribution in [3.8, 4) is 22.3 Å². The zero-order valence-corrected chi connectivity index (χ0v) is 14.9. The molecule has 0 N–H and O–H groups in total. The van der Waals surface area contributed by atoms with Crippen LogP contribution in [-0.4, -0.2) is 0 Å². The molecule has 0 spiro atoms. The maximum absolute atomic E-state index is 12.9. The van der Waals surface area contributed by atoms with E-state index in [0.717, 1.165) is 45.4 Å². The lowest BCUT2D eigenvalue weighted by Gasteiger charge is -2.13. The Hall–Kier alpha value is -2.58. The van der Waals surface area contributed by atoms with Crippen molar-refractivity contribution in [1.29, 1.82) is 0 Å². The molecular formula is C22H17ClO2. The average Bonchev–Trinajstić information content (AvgIpc) is 3.08. The van der Waals surface area contributed by atoms with Crippen LogP contribution in [0.2, 0.25) is 5.02 Å². The number of aryl methyl sites for hydroxylation is 2. The summed E-state index contributed by atoms with van der Waals surface area (Å²) in [4.78, 5) is 12.9. The zero-order valence-electron chi connectivity index (χ0n) is 14.1. The number of fused-ring (bicyclic) bond motifs is 2. The Kier molecular flexibility index (Phi) is 3.85. The molecule has 0 radical (unpaired) electrons. The van der Waals surface area contributed by atoms with Gasteiger partial charge in [0.1, 0.15) is 5.58 Å². The van der Waals surface area contributed by atoms with Crippen LogP contribution in [0, 0.1) is 6.92 Å². The maximum atomic E-state index is 12.9. The molecular weight excluding hydrogens is 332 g/mol. The predicted octanol–water partition coefficient (Wildman–Crippen LogP) is 6.09. The highest BCUT2D eigenvalue weighted by atomic mass is 35.5. The molecule has 0 fully saturated rings. The molecule has 2 heterocycles. The van der Waals surface area contributed by atoms with Crippen LogP contribution in [0.4, 0.5) is 0 Å². The first-order valence-electron chi connectivity index (χ1n) is 8.33. The first-order valence-corrected chi connectivity index (χ1v) is 8.71. The molecule has 0 amide bonds. The molecule has 4 rings (SSSR count). The fourth-order valence-electron chi connectivity index (χ4n) is 3.34. The molecule has 2 nitrogen and oxygen atoms in total. The van der Waals surface area contributed by atoms with E-state index in [1.165, 1.54) is 0 Å². The van der Waals surface area contributed by atoms with Crippen LogP contribution in [-0.2, 0) is 6.42 Å². The molecule has 0 atom stereocenters. The van der Waals surface area contributed by atoms with Gasteiger partial charge in [-0.1, -0.05) is 42.8 Å². The minimum absolute atomic E-state index is 0.0436. The smallest absolute Gasteiger partial charge is 0.229 e. The fourth-order valence-corrected chi connectivity index (χ4v) is 3.47. The van der Waals surface area contributed by atoms with Gasteiger partial charge in [-0.15, -0.1) is 0 Å². The van der Waals surface area contributed by atoms with E-state index in [0.29, 0.717) is 10.6 Å². The summed E-state index contributed by atoms with van der Waals surface area (Å²) in [6.45, 7) is 4.05. The molecule has 4 aromatic rings. The highest BCUT2D eigenvalue weighted by molar-refractivity contribution is 6.30. The molecule has 0 saturated heterocycles. The first kappa shape index (κ1) is 15.9. The summed E-state index contributed by atoms with van der Waals surface area (Å²) in [6, 6.07) is 17.7. The number of furan rings is 1. The molecule has 0 aliphatic heterocycles. The number of benzene rings is 2. The number of hydrogen-bond donors (Lipinski definition) is 0. The fraction of sp³-hybridized carbons (Fsp3) is 0.136. The van der Waals surface area contributed by atoms with Crippen LogP contribution in [0.15, 0.2) is 63.8 Å². The average molecular weight is 349 g/mol. The molecule has 3 heteroatoms. The summed E-state index contributed by atoms with van der Waals surface area (Å²) >= 11 is 6.00. The van der Waals surface area contributed by atoms with Crippen LogP contribution in [0.3, 0.4) is 0 Å². The summed E-state index contributed by atoms with van der Waals surface area (Å²) in [5.41, 5.74) is 7.06. The van der Waals surface area contributed by atoms with Crippen LogP contribution >= 0.6 is 11.6 Å². The first-order chi connectivity index (χ1) is 12.1. The lowest BCUT2D eigenvalue weighted by atomic mass is 9.91. The molecule has 0 saturated carbocycles. The van der Waals surface area contributed by atoms with Crippen LogP contribution in [0.5, 0.6) is 0 Å². The summed E-state index contributed by atoms with van der Waals surface area (Å²) in [5.74, 6) is 0. The third kappa shape index (κ3) is 2.63. The van der Waals surface area contributed by atoms with E-state index in [4.69, 9.17) is 16.0 Å². The summed E-state index contributed by atoms with van der Waals surface area (Å²) in [7, 11) is 0. The Labute approximate surface area is 151 Å². The van der Waals surface area contributed by atoms with Crippen molar-refractivity contribution in [2.75, 3.05) is 0 Å². The van der Waals surface area contributed by atoms with E-state index < -0.39 is 0 Å². The Morgan fingerprint density at radius 3 is 2.32 bits per heavy atom. The standard InChI is InChI=1S/C22H17ClO2/c1-3-14-4-5-16(15-6-8-17(23)9-7-15)12-18(14)21-13(2)19-10-11-20(25-19)22(21)24/h4-12H,3H2,1-2H3. The van der Waals surface area contributed by atoms with Crippen molar-refractivity contribution in [2.45, 2.75) is 20.3 Å². The number of halogens is 1. The van der Waals surface area contributed by atoms with E-state index in [-0.39, 0.29) is 5.43 Å².